The number of hydrogen-bond donors (Lipinski definition) is 0. The first kappa shape index (κ1) is 18.1. The Kier molecular flexibility index (Phi) is 4.71. The first-order chi connectivity index (χ1) is 13.0. The summed E-state index contributed by atoms with van der Waals surface area (Å²) in [6.45, 7) is 1.06. The summed E-state index contributed by atoms with van der Waals surface area (Å²) in [6, 6.07) is 11.5. The molecule has 0 saturated carbocycles. The molecule has 1 fully saturated rings. The Morgan fingerprint density at radius 1 is 0.963 bits per heavy atom. The van der Waals surface area contributed by atoms with E-state index in [1.165, 1.54) is 10.4 Å². The number of amides is 1. The molecule has 2 aliphatic rings. The molecule has 1 amide bonds. The summed E-state index contributed by atoms with van der Waals surface area (Å²) in [6.07, 6.45) is 0. The Balaban J connectivity index is 1.49. The second kappa shape index (κ2) is 7.03. The fraction of sp³-hybridized carbons (Fsp3) is 0.278. The molecule has 9 heteroatoms. The SMILES string of the molecule is O=C(c1cccc2c1OCO2)N1CCN(S(=O)(=O)c2ccccc2Cl)CC1. The lowest BCUT2D eigenvalue weighted by Crippen LogP contribution is -2.50. The third-order valence-electron chi connectivity index (χ3n) is 4.61. The van der Waals surface area contributed by atoms with E-state index in [1.54, 1.807) is 41.3 Å². The maximum Gasteiger partial charge on any atom is 0.257 e. The van der Waals surface area contributed by atoms with Gasteiger partial charge in [-0.1, -0.05) is 29.8 Å². The average molecular weight is 409 g/mol. The molecule has 2 aliphatic heterocycles. The number of sulfonamides is 1. The molecule has 0 atom stereocenters. The second-order valence-corrected chi connectivity index (χ2v) is 8.48. The lowest BCUT2D eigenvalue weighted by molar-refractivity contribution is 0.0693. The van der Waals surface area contributed by atoms with Gasteiger partial charge in [0.25, 0.3) is 5.91 Å². The fourth-order valence-electron chi connectivity index (χ4n) is 3.19. The molecule has 2 aromatic rings. The van der Waals surface area contributed by atoms with Gasteiger partial charge in [-0.25, -0.2) is 8.42 Å². The Labute approximate surface area is 162 Å². The molecule has 0 aromatic heterocycles. The lowest BCUT2D eigenvalue weighted by Gasteiger charge is -2.34. The molecule has 0 radical (unpaired) electrons. The van der Waals surface area contributed by atoms with Gasteiger partial charge in [-0.2, -0.15) is 4.31 Å². The van der Waals surface area contributed by atoms with Crippen LogP contribution in [0.2, 0.25) is 5.02 Å². The van der Waals surface area contributed by atoms with Crippen LogP contribution in [0.25, 0.3) is 0 Å². The quantitative estimate of drug-likeness (QED) is 0.778. The summed E-state index contributed by atoms with van der Waals surface area (Å²) >= 11 is 6.05. The van der Waals surface area contributed by atoms with Crippen LogP contribution in [0.1, 0.15) is 10.4 Å². The van der Waals surface area contributed by atoms with Crippen molar-refractivity contribution in [1.29, 1.82) is 0 Å². The van der Waals surface area contributed by atoms with Crippen molar-refractivity contribution in [3.05, 3.63) is 53.1 Å². The summed E-state index contributed by atoms with van der Waals surface area (Å²) < 4.78 is 37.7. The monoisotopic (exact) mass is 408 g/mol. The average Bonchev–Trinajstić information content (AvgIpc) is 3.16. The topological polar surface area (TPSA) is 76.2 Å². The number of benzene rings is 2. The highest BCUT2D eigenvalue weighted by atomic mass is 35.5. The predicted molar refractivity (Wildman–Crippen MR) is 98.7 cm³/mol. The van der Waals surface area contributed by atoms with E-state index in [0.29, 0.717) is 17.1 Å². The van der Waals surface area contributed by atoms with Crippen LogP contribution in [0, 0.1) is 0 Å². The Bertz CT molecular complexity index is 987. The molecule has 1 saturated heterocycles. The standard InChI is InChI=1S/C18H17ClN2O5S/c19-14-5-1-2-7-16(14)27(23,24)21-10-8-20(9-11-21)18(22)13-4-3-6-15-17(13)26-12-25-15/h1-7H,8-12H2. The number of nitrogens with zero attached hydrogens (tertiary/aromatic N) is 2. The highest BCUT2D eigenvalue weighted by Gasteiger charge is 2.33. The minimum Gasteiger partial charge on any atom is -0.454 e. The van der Waals surface area contributed by atoms with Gasteiger partial charge in [-0.3, -0.25) is 4.79 Å². The minimum absolute atomic E-state index is 0.0814. The van der Waals surface area contributed by atoms with Crippen molar-refractivity contribution in [3.8, 4) is 11.5 Å². The van der Waals surface area contributed by atoms with Crippen LogP contribution < -0.4 is 9.47 Å². The third kappa shape index (κ3) is 3.24. The highest BCUT2D eigenvalue weighted by molar-refractivity contribution is 7.89. The van der Waals surface area contributed by atoms with Crippen molar-refractivity contribution in [1.82, 2.24) is 9.21 Å². The number of carbonyl (C=O) groups excluding carboxylic acids is 1. The molecule has 0 spiro atoms. The van der Waals surface area contributed by atoms with Gasteiger partial charge in [-0.15, -0.1) is 0 Å². The normalized spacial score (nSPS) is 17.1. The fourth-order valence-corrected chi connectivity index (χ4v) is 5.11. The molecule has 0 bridgehead atoms. The van der Waals surface area contributed by atoms with E-state index < -0.39 is 10.0 Å². The van der Waals surface area contributed by atoms with Gasteiger partial charge in [0.1, 0.15) is 4.90 Å². The van der Waals surface area contributed by atoms with Gasteiger partial charge in [-0.05, 0) is 24.3 Å². The van der Waals surface area contributed by atoms with Crippen molar-refractivity contribution in [2.45, 2.75) is 4.90 Å². The van der Waals surface area contributed by atoms with Crippen molar-refractivity contribution in [2.24, 2.45) is 0 Å². The Hall–Kier alpha value is -2.29. The summed E-state index contributed by atoms with van der Waals surface area (Å²) in [5.74, 6) is 0.779. The number of rotatable bonds is 3. The maximum absolute atomic E-state index is 12.8. The Morgan fingerprint density at radius 2 is 1.70 bits per heavy atom. The van der Waals surface area contributed by atoms with Gasteiger partial charge in [0, 0.05) is 26.2 Å². The molecule has 7 nitrogen and oxygen atoms in total. The molecule has 2 aromatic carbocycles. The van der Waals surface area contributed by atoms with Crippen LogP contribution in [-0.2, 0) is 10.0 Å². The molecular weight excluding hydrogens is 392 g/mol. The first-order valence-electron chi connectivity index (χ1n) is 8.41. The molecular formula is C18H17ClN2O5S. The zero-order valence-electron chi connectivity index (χ0n) is 14.3. The van der Waals surface area contributed by atoms with Gasteiger partial charge >= 0.3 is 0 Å². The van der Waals surface area contributed by atoms with Crippen molar-refractivity contribution in [3.63, 3.8) is 0 Å². The Morgan fingerprint density at radius 3 is 2.44 bits per heavy atom. The summed E-state index contributed by atoms with van der Waals surface area (Å²) in [5.41, 5.74) is 0.424. The molecule has 0 aliphatic carbocycles. The number of carbonyl (C=O) groups is 1. The van der Waals surface area contributed by atoms with Crippen LogP contribution in [0.4, 0.5) is 0 Å². The lowest BCUT2D eigenvalue weighted by atomic mass is 10.1. The van der Waals surface area contributed by atoms with E-state index in [-0.39, 0.29) is 48.8 Å². The van der Waals surface area contributed by atoms with Gasteiger partial charge in [0.15, 0.2) is 11.5 Å². The molecule has 142 valence electrons. The van der Waals surface area contributed by atoms with Gasteiger partial charge in [0.2, 0.25) is 16.8 Å². The van der Waals surface area contributed by atoms with E-state index >= 15 is 0 Å². The number of para-hydroxylation sites is 1. The van der Waals surface area contributed by atoms with Crippen LogP contribution in [0.15, 0.2) is 47.4 Å². The van der Waals surface area contributed by atoms with Crippen LogP contribution in [-0.4, -0.2) is 56.5 Å². The first-order valence-corrected chi connectivity index (χ1v) is 10.2. The summed E-state index contributed by atoms with van der Waals surface area (Å²) in [5, 5.41) is 0.188. The zero-order valence-corrected chi connectivity index (χ0v) is 15.9. The number of hydrogen-bond acceptors (Lipinski definition) is 5. The van der Waals surface area contributed by atoms with E-state index in [2.05, 4.69) is 0 Å². The van der Waals surface area contributed by atoms with Crippen molar-refractivity contribution < 1.29 is 22.7 Å². The number of piperazine rings is 1. The molecule has 4 rings (SSSR count). The molecule has 2 heterocycles. The maximum atomic E-state index is 12.8. The van der Waals surface area contributed by atoms with E-state index in [1.807, 2.05) is 0 Å². The van der Waals surface area contributed by atoms with Gasteiger partial charge < -0.3 is 14.4 Å². The number of halogens is 1. The minimum atomic E-state index is -3.70. The van der Waals surface area contributed by atoms with Crippen molar-refractivity contribution in [2.75, 3.05) is 33.0 Å². The zero-order chi connectivity index (χ0) is 19.0. The van der Waals surface area contributed by atoms with E-state index in [0.717, 1.165) is 0 Å². The number of ether oxygens (including phenoxy) is 2. The van der Waals surface area contributed by atoms with Crippen LogP contribution in [0.5, 0.6) is 11.5 Å². The van der Waals surface area contributed by atoms with E-state index in [4.69, 9.17) is 21.1 Å². The van der Waals surface area contributed by atoms with Crippen LogP contribution >= 0.6 is 11.6 Å². The summed E-state index contributed by atoms with van der Waals surface area (Å²) in [4.78, 5) is 14.5. The molecule has 0 unspecified atom stereocenters. The highest BCUT2D eigenvalue weighted by Crippen LogP contribution is 2.36. The van der Waals surface area contributed by atoms with Crippen molar-refractivity contribution >= 4 is 27.5 Å². The van der Waals surface area contributed by atoms with Crippen LogP contribution in [0.3, 0.4) is 0 Å². The molecule has 0 N–H and O–H groups in total. The predicted octanol–water partition coefficient (Wildman–Crippen LogP) is 2.22. The third-order valence-corrected chi connectivity index (χ3v) is 7.01. The van der Waals surface area contributed by atoms with E-state index in [9.17, 15) is 13.2 Å². The second-order valence-electron chi connectivity index (χ2n) is 6.17. The largest absolute Gasteiger partial charge is 0.454 e. The molecule has 27 heavy (non-hydrogen) atoms. The van der Waals surface area contributed by atoms with Gasteiger partial charge in [0.05, 0.1) is 10.6 Å². The summed E-state index contributed by atoms with van der Waals surface area (Å²) in [7, 11) is -3.70. The number of fused-ring (bicyclic) bond motifs is 1. The smallest absolute Gasteiger partial charge is 0.257 e.